The number of hydrogen-bond acceptors (Lipinski definition) is 4. The molecule has 2 aromatic rings. The van der Waals surface area contributed by atoms with E-state index >= 15 is 0 Å². The standard InChI is InChI=1S/C14H16N4O/c1-9(2)10-3-5-11(6-4-10)18-14-12(13(15)19)16-7-8-17-14/h3-9H,1-2H3,(H2,15,19)(H,17,18). The van der Waals surface area contributed by atoms with Crippen LogP contribution in [-0.4, -0.2) is 15.9 Å². The summed E-state index contributed by atoms with van der Waals surface area (Å²) in [4.78, 5) is 19.2. The smallest absolute Gasteiger partial charge is 0.271 e. The molecule has 1 aromatic heterocycles. The van der Waals surface area contributed by atoms with Crippen molar-refractivity contribution in [3.05, 3.63) is 47.9 Å². The van der Waals surface area contributed by atoms with E-state index < -0.39 is 5.91 Å². The van der Waals surface area contributed by atoms with E-state index in [0.717, 1.165) is 5.69 Å². The van der Waals surface area contributed by atoms with E-state index in [2.05, 4.69) is 29.1 Å². The van der Waals surface area contributed by atoms with E-state index in [9.17, 15) is 4.79 Å². The Hall–Kier alpha value is -2.43. The largest absolute Gasteiger partial charge is 0.364 e. The number of hydrogen-bond donors (Lipinski definition) is 2. The molecule has 1 heterocycles. The SMILES string of the molecule is CC(C)c1ccc(Nc2nccnc2C(N)=O)cc1. The number of primary amides is 1. The quantitative estimate of drug-likeness (QED) is 0.880. The van der Waals surface area contributed by atoms with Gasteiger partial charge in [-0.05, 0) is 23.6 Å². The van der Waals surface area contributed by atoms with Crippen molar-refractivity contribution >= 4 is 17.4 Å². The van der Waals surface area contributed by atoms with Gasteiger partial charge in [0.1, 0.15) is 0 Å². The molecular formula is C14H16N4O. The summed E-state index contributed by atoms with van der Waals surface area (Å²) in [7, 11) is 0. The van der Waals surface area contributed by atoms with Gasteiger partial charge in [-0.1, -0.05) is 26.0 Å². The molecule has 0 radical (unpaired) electrons. The Kier molecular flexibility index (Phi) is 3.75. The Bertz CT molecular complexity index is 578. The van der Waals surface area contributed by atoms with Crippen molar-refractivity contribution in [2.24, 2.45) is 5.73 Å². The van der Waals surface area contributed by atoms with Gasteiger partial charge in [-0.3, -0.25) is 4.79 Å². The van der Waals surface area contributed by atoms with E-state index in [1.165, 1.54) is 18.0 Å². The maximum Gasteiger partial charge on any atom is 0.271 e. The third kappa shape index (κ3) is 3.07. The highest BCUT2D eigenvalue weighted by molar-refractivity contribution is 5.96. The molecule has 0 saturated carbocycles. The highest BCUT2D eigenvalue weighted by atomic mass is 16.1. The third-order valence-electron chi connectivity index (χ3n) is 2.77. The minimum absolute atomic E-state index is 0.135. The van der Waals surface area contributed by atoms with E-state index in [0.29, 0.717) is 11.7 Å². The van der Waals surface area contributed by atoms with Crippen LogP contribution in [0.4, 0.5) is 11.5 Å². The van der Waals surface area contributed by atoms with Crippen molar-refractivity contribution in [1.29, 1.82) is 0 Å². The maximum absolute atomic E-state index is 11.2. The highest BCUT2D eigenvalue weighted by Gasteiger charge is 2.10. The minimum atomic E-state index is -0.602. The second-order valence-electron chi connectivity index (χ2n) is 4.52. The molecule has 5 nitrogen and oxygen atoms in total. The molecule has 0 aliphatic rings. The molecular weight excluding hydrogens is 240 g/mol. The lowest BCUT2D eigenvalue weighted by molar-refractivity contribution is 0.0996. The number of anilines is 2. The Balaban J connectivity index is 2.24. The lowest BCUT2D eigenvalue weighted by atomic mass is 10.0. The van der Waals surface area contributed by atoms with Crippen molar-refractivity contribution in [2.45, 2.75) is 19.8 Å². The highest BCUT2D eigenvalue weighted by Crippen LogP contribution is 2.20. The van der Waals surface area contributed by atoms with E-state index in [1.54, 1.807) is 0 Å². The summed E-state index contributed by atoms with van der Waals surface area (Å²) < 4.78 is 0. The Morgan fingerprint density at radius 1 is 1.16 bits per heavy atom. The first-order chi connectivity index (χ1) is 9.08. The van der Waals surface area contributed by atoms with Gasteiger partial charge in [0.05, 0.1) is 0 Å². The van der Waals surface area contributed by atoms with E-state index in [-0.39, 0.29) is 5.69 Å². The maximum atomic E-state index is 11.2. The topological polar surface area (TPSA) is 80.9 Å². The van der Waals surface area contributed by atoms with Gasteiger partial charge in [-0.25, -0.2) is 9.97 Å². The van der Waals surface area contributed by atoms with Crippen LogP contribution >= 0.6 is 0 Å². The number of nitrogens with one attached hydrogen (secondary N) is 1. The molecule has 19 heavy (non-hydrogen) atoms. The molecule has 0 saturated heterocycles. The molecule has 0 unspecified atom stereocenters. The van der Waals surface area contributed by atoms with Crippen LogP contribution in [0.1, 0.15) is 35.8 Å². The van der Waals surface area contributed by atoms with E-state index in [1.807, 2.05) is 24.3 Å². The number of amides is 1. The number of nitrogens with zero attached hydrogens (tertiary/aromatic N) is 2. The number of carbonyl (C=O) groups is 1. The molecule has 0 bridgehead atoms. The summed E-state index contributed by atoms with van der Waals surface area (Å²) >= 11 is 0. The minimum Gasteiger partial charge on any atom is -0.364 e. The van der Waals surface area contributed by atoms with Crippen molar-refractivity contribution in [2.75, 3.05) is 5.32 Å². The monoisotopic (exact) mass is 256 g/mol. The van der Waals surface area contributed by atoms with Gasteiger partial charge in [-0.2, -0.15) is 0 Å². The van der Waals surface area contributed by atoms with Crippen molar-refractivity contribution in [3.8, 4) is 0 Å². The van der Waals surface area contributed by atoms with Gasteiger partial charge in [-0.15, -0.1) is 0 Å². The third-order valence-corrected chi connectivity index (χ3v) is 2.77. The average Bonchev–Trinajstić information content (AvgIpc) is 2.39. The van der Waals surface area contributed by atoms with Gasteiger partial charge in [0.15, 0.2) is 11.5 Å². The lowest BCUT2D eigenvalue weighted by Gasteiger charge is -2.10. The summed E-state index contributed by atoms with van der Waals surface area (Å²) in [5.74, 6) is 0.244. The molecule has 0 fully saturated rings. The normalized spacial score (nSPS) is 10.5. The summed E-state index contributed by atoms with van der Waals surface area (Å²) in [6.45, 7) is 4.27. The van der Waals surface area contributed by atoms with Gasteiger partial charge in [0.25, 0.3) is 5.91 Å². The Morgan fingerprint density at radius 3 is 2.37 bits per heavy atom. The summed E-state index contributed by atoms with van der Waals surface area (Å²) in [5, 5.41) is 3.05. The van der Waals surface area contributed by atoms with Crippen LogP contribution in [0.15, 0.2) is 36.7 Å². The fourth-order valence-electron chi connectivity index (χ4n) is 1.70. The van der Waals surface area contributed by atoms with Crippen molar-refractivity contribution in [1.82, 2.24) is 9.97 Å². The Labute approximate surface area is 111 Å². The van der Waals surface area contributed by atoms with Crippen LogP contribution in [-0.2, 0) is 0 Å². The predicted octanol–water partition coefficient (Wildman–Crippen LogP) is 2.44. The van der Waals surface area contributed by atoms with Gasteiger partial charge in [0, 0.05) is 18.1 Å². The van der Waals surface area contributed by atoms with Crippen molar-refractivity contribution < 1.29 is 4.79 Å². The lowest BCUT2D eigenvalue weighted by Crippen LogP contribution is -2.16. The zero-order valence-electron chi connectivity index (χ0n) is 10.9. The van der Waals surface area contributed by atoms with Crippen LogP contribution in [0.2, 0.25) is 0 Å². The molecule has 3 N–H and O–H groups in total. The average molecular weight is 256 g/mol. The second-order valence-corrected chi connectivity index (χ2v) is 4.52. The molecule has 1 aromatic carbocycles. The number of benzene rings is 1. The fraction of sp³-hybridized carbons (Fsp3) is 0.214. The molecule has 1 amide bonds. The predicted molar refractivity (Wildman–Crippen MR) is 74.4 cm³/mol. The van der Waals surface area contributed by atoms with Crippen LogP contribution in [0, 0.1) is 0 Å². The van der Waals surface area contributed by atoms with Gasteiger partial charge >= 0.3 is 0 Å². The molecule has 0 spiro atoms. The molecule has 2 rings (SSSR count). The van der Waals surface area contributed by atoms with Crippen LogP contribution in [0.25, 0.3) is 0 Å². The summed E-state index contributed by atoms with van der Waals surface area (Å²) in [6, 6.07) is 7.95. The first-order valence-corrected chi connectivity index (χ1v) is 6.05. The van der Waals surface area contributed by atoms with Crippen LogP contribution < -0.4 is 11.1 Å². The fourth-order valence-corrected chi connectivity index (χ4v) is 1.70. The molecule has 0 aliphatic carbocycles. The van der Waals surface area contributed by atoms with Crippen LogP contribution in [0.3, 0.4) is 0 Å². The molecule has 0 aliphatic heterocycles. The first-order valence-electron chi connectivity index (χ1n) is 6.05. The molecule has 5 heteroatoms. The number of carbonyl (C=O) groups excluding carboxylic acids is 1. The van der Waals surface area contributed by atoms with Crippen LogP contribution in [0.5, 0.6) is 0 Å². The molecule has 98 valence electrons. The zero-order chi connectivity index (χ0) is 13.8. The number of aromatic nitrogens is 2. The number of rotatable bonds is 4. The van der Waals surface area contributed by atoms with E-state index in [4.69, 9.17) is 5.73 Å². The van der Waals surface area contributed by atoms with Gasteiger partial charge in [0.2, 0.25) is 0 Å². The summed E-state index contributed by atoms with van der Waals surface area (Å²) in [6.07, 6.45) is 2.95. The molecule has 0 atom stereocenters. The second kappa shape index (κ2) is 5.48. The zero-order valence-corrected chi connectivity index (χ0v) is 10.9. The first kappa shape index (κ1) is 13.0. The van der Waals surface area contributed by atoms with Crippen molar-refractivity contribution in [3.63, 3.8) is 0 Å². The Morgan fingerprint density at radius 2 is 1.79 bits per heavy atom. The van der Waals surface area contributed by atoms with Gasteiger partial charge < -0.3 is 11.1 Å². The number of nitrogens with two attached hydrogens (primary N) is 1. The summed E-state index contributed by atoms with van der Waals surface area (Å²) in [5.41, 5.74) is 7.48.